The van der Waals surface area contributed by atoms with Gasteiger partial charge in [0, 0.05) is 6.61 Å². The van der Waals surface area contributed by atoms with E-state index in [1.807, 2.05) is 6.07 Å². The summed E-state index contributed by atoms with van der Waals surface area (Å²) in [6, 6.07) is 17.1. The van der Waals surface area contributed by atoms with Gasteiger partial charge in [-0.1, -0.05) is 49.7 Å². The molecule has 32 heavy (non-hydrogen) atoms. The number of hydrogen-bond acceptors (Lipinski definition) is 3. The molecule has 0 heterocycles. The minimum Gasteiger partial charge on any atom is -0.489 e. The Morgan fingerprint density at radius 2 is 1.91 bits per heavy atom. The molecule has 0 radical (unpaired) electrons. The van der Waals surface area contributed by atoms with E-state index in [9.17, 15) is 10.2 Å². The van der Waals surface area contributed by atoms with Crippen molar-refractivity contribution in [3.8, 4) is 5.75 Å². The van der Waals surface area contributed by atoms with Crippen LogP contribution in [0.5, 0.6) is 5.75 Å². The summed E-state index contributed by atoms with van der Waals surface area (Å²) in [6.45, 7) is 3.26. The quantitative estimate of drug-likeness (QED) is 0.536. The molecule has 2 N–H and O–H groups in total. The van der Waals surface area contributed by atoms with Crippen molar-refractivity contribution in [1.29, 1.82) is 0 Å². The third-order valence-electron chi connectivity index (χ3n) is 9.02. The van der Waals surface area contributed by atoms with E-state index < -0.39 is 0 Å². The van der Waals surface area contributed by atoms with Gasteiger partial charge in [0.25, 0.3) is 0 Å². The Morgan fingerprint density at radius 3 is 2.72 bits per heavy atom. The number of aliphatic hydroxyl groups is 2. The third kappa shape index (κ3) is 3.99. The van der Waals surface area contributed by atoms with Crippen LogP contribution in [0.2, 0.25) is 0 Å². The Balaban J connectivity index is 1.33. The number of hydrogen-bond donors (Lipinski definition) is 2. The second-order valence-electron chi connectivity index (χ2n) is 10.7. The Morgan fingerprint density at radius 1 is 1.06 bits per heavy atom. The highest BCUT2D eigenvalue weighted by molar-refractivity contribution is 5.41. The van der Waals surface area contributed by atoms with Crippen molar-refractivity contribution in [2.45, 2.75) is 76.9 Å². The number of rotatable bonds is 7. The molecule has 0 aliphatic heterocycles. The smallest absolute Gasteiger partial charge is 0.120 e. The number of unbranched alkanes of at least 4 members (excludes halogenated alkanes) is 1. The van der Waals surface area contributed by atoms with Gasteiger partial charge in [0.15, 0.2) is 0 Å². The van der Waals surface area contributed by atoms with Crippen LogP contribution in [-0.2, 0) is 13.0 Å². The van der Waals surface area contributed by atoms with Crippen molar-refractivity contribution >= 4 is 0 Å². The number of ether oxygens (including phenoxy) is 1. The van der Waals surface area contributed by atoms with E-state index in [1.54, 1.807) is 0 Å². The molecular weight excluding hydrogens is 396 g/mol. The fourth-order valence-electron chi connectivity index (χ4n) is 7.46. The zero-order chi connectivity index (χ0) is 22.1. The molecule has 3 aliphatic carbocycles. The average Bonchev–Trinajstić information content (AvgIpc) is 3.08. The highest BCUT2D eigenvalue weighted by Gasteiger charge is 2.58. The van der Waals surface area contributed by atoms with E-state index in [1.165, 1.54) is 29.5 Å². The second kappa shape index (κ2) is 9.19. The zero-order valence-corrected chi connectivity index (χ0v) is 19.4. The summed E-state index contributed by atoms with van der Waals surface area (Å²) in [5.41, 5.74) is 4.27. The minimum atomic E-state index is -0.164. The molecule has 2 aromatic carbocycles. The molecule has 0 bridgehead atoms. The van der Waals surface area contributed by atoms with E-state index in [2.05, 4.69) is 49.4 Å². The van der Waals surface area contributed by atoms with Gasteiger partial charge >= 0.3 is 0 Å². The van der Waals surface area contributed by atoms with Crippen LogP contribution in [0.25, 0.3) is 0 Å². The number of aliphatic hydroxyl groups excluding tert-OH is 2. The van der Waals surface area contributed by atoms with Crippen LogP contribution >= 0.6 is 0 Å². The summed E-state index contributed by atoms with van der Waals surface area (Å²) in [4.78, 5) is 0. The van der Waals surface area contributed by atoms with E-state index in [-0.39, 0.29) is 18.1 Å². The predicted octanol–water partition coefficient (Wildman–Crippen LogP) is 5.87. The third-order valence-corrected chi connectivity index (χ3v) is 9.02. The summed E-state index contributed by atoms with van der Waals surface area (Å²) >= 11 is 0. The normalized spacial score (nSPS) is 33.3. The lowest BCUT2D eigenvalue weighted by Crippen LogP contribution is -2.45. The summed E-state index contributed by atoms with van der Waals surface area (Å²) < 4.78 is 6.11. The number of aryl methyl sites for hydroxylation is 1. The fraction of sp³-hybridized carbons (Fsp3) is 0.586. The topological polar surface area (TPSA) is 49.7 Å². The van der Waals surface area contributed by atoms with Crippen molar-refractivity contribution < 1.29 is 14.9 Å². The lowest BCUT2D eigenvalue weighted by Gasteiger charge is -2.51. The van der Waals surface area contributed by atoms with Gasteiger partial charge < -0.3 is 14.9 Å². The van der Waals surface area contributed by atoms with Gasteiger partial charge in [-0.3, -0.25) is 0 Å². The predicted molar refractivity (Wildman–Crippen MR) is 128 cm³/mol. The highest BCUT2D eigenvalue weighted by Crippen LogP contribution is 2.63. The summed E-state index contributed by atoms with van der Waals surface area (Å²) in [5, 5.41) is 20.3. The van der Waals surface area contributed by atoms with Crippen LogP contribution in [0.15, 0.2) is 48.5 Å². The molecular formula is C29H38O3. The molecule has 2 aromatic rings. The lowest BCUT2D eigenvalue weighted by molar-refractivity contribution is -0.0306. The maximum Gasteiger partial charge on any atom is 0.120 e. The van der Waals surface area contributed by atoms with E-state index in [0.717, 1.165) is 44.3 Å². The van der Waals surface area contributed by atoms with Crippen LogP contribution in [0.3, 0.4) is 0 Å². The molecule has 6 atom stereocenters. The molecule has 0 saturated heterocycles. The Bertz CT molecular complexity index is 910. The highest BCUT2D eigenvalue weighted by atomic mass is 16.5. The van der Waals surface area contributed by atoms with Gasteiger partial charge in [-0.2, -0.15) is 0 Å². The zero-order valence-electron chi connectivity index (χ0n) is 19.4. The molecule has 3 nitrogen and oxygen atoms in total. The largest absolute Gasteiger partial charge is 0.489 e. The molecule has 0 aromatic heterocycles. The Hall–Kier alpha value is -1.84. The minimum absolute atomic E-state index is 0.0707. The monoisotopic (exact) mass is 434 g/mol. The summed E-state index contributed by atoms with van der Waals surface area (Å²) in [7, 11) is 0. The van der Waals surface area contributed by atoms with Gasteiger partial charge in [0.2, 0.25) is 0 Å². The van der Waals surface area contributed by atoms with E-state index in [0.29, 0.717) is 30.3 Å². The van der Waals surface area contributed by atoms with Gasteiger partial charge in [-0.25, -0.2) is 0 Å². The maximum atomic E-state index is 11.0. The van der Waals surface area contributed by atoms with Crippen LogP contribution in [0.1, 0.15) is 74.5 Å². The first-order chi connectivity index (χ1) is 15.6. The molecule has 0 spiro atoms. The molecule has 3 heteroatoms. The van der Waals surface area contributed by atoms with Gasteiger partial charge in [0.05, 0.1) is 6.10 Å². The summed E-state index contributed by atoms with van der Waals surface area (Å²) in [5.74, 6) is 3.48. The lowest BCUT2D eigenvalue weighted by atomic mass is 9.53. The maximum absolute atomic E-state index is 11.0. The standard InChI is InChI=1S/C29H38O3/c1-29-15-14-25-24-13-11-23(32-19-20-7-3-2-4-8-20)17-21(24)10-12-26(25)28(29)22(18-27(29)31)9-5-6-16-30/h2-4,7-8,11,13,17,22,25-28,30-31H,5-6,9-10,12,14-16,18-19H2,1H3/t22-,25?,26?,27?,28?,29-/m1/s1. The first kappa shape index (κ1) is 22.0. The summed E-state index contributed by atoms with van der Waals surface area (Å²) in [6.07, 6.45) is 8.57. The van der Waals surface area contributed by atoms with Gasteiger partial charge in [-0.15, -0.1) is 0 Å². The van der Waals surface area contributed by atoms with E-state index >= 15 is 0 Å². The SMILES string of the molecule is C[C@]12CCC3c4ccc(OCc5ccccc5)cc4CCC3C1[C@H](CCCCO)CC2O. The number of fused-ring (bicyclic) bond motifs is 5. The van der Waals surface area contributed by atoms with Crippen molar-refractivity contribution in [2.75, 3.05) is 6.61 Å². The first-order valence-corrected chi connectivity index (χ1v) is 12.7. The molecule has 4 unspecified atom stereocenters. The van der Waals surface area contributed by atoms with Crippen molar-refractivity contribution in [1.82, 2.24) is 0 Å². The second-order valence-corrected chi connectivity index (χ2v) is 10.7. The van der Waals surface area contributed by atoms with Gasteiger partial charge in [0.1, 0.15) is 12.4 Å². The first-order valence-electron chi connectivity index (χ1n) is 12.7. The van der Waals surface area contributed by atoms with Gasteiger partial charge in [-0.05, 0) is 103 Å². The molecule has 0 amide bonds. The van der Waals surface area contributed by atoms with Crippen LogP contribution in [-0.4, -0.2) is 22.9 Å². The molecule has 172 valence electrons. The van der Waals surface area contributed by atoms with Crippen LogP contribution in [0.4, 0.5) is 0 Å². The van der Waals surface area contributed by atoms with Crippen molar-refractivity contribution in [3.63, 3.8) is 0 Å². The van der Waals surface area contributed by atoms with Crippen LogP contribution < -0.4 is 4.74 Å². The Kier molecular flexibility index (Phi) is 6.31. The Labute approximate surface area is 192 Å². The van der Waals surface area contributed by atoms with E-state index in [4.69, 9.17) is 4.74 Å². The average molecular weight is 435 g/mol. The fourth-order valence-corrected chi connectivity index (χ4v) is 7.46. The molecule has 2 saturated carbocycles. The van der Waals surface area contributed by atoms with Crippen LogP contribution in [0, 0.1) is 23.2 Å². The van der Waals surface area contributed by atoms with Crippen molar-refractivity contribution in [3.05, 3.63) is 65.2 Å². The number of benzene rings is 2. The molecule has 2 fully saturated rings. The van der Waals surface area contributed by atoms with Crippen molar-refractivity contribution in [2.24, 2.45) is 23.2 Å². The molecule has 3 aliphatic rings. The molecule has 5 rings (SSSR count).